The Bertz CT molecular complexity index is 1200. The van der Waals surface area contributed by atoms with E-state index in [0.717, 1.165) is 10.9 Å². The summed E-state index contributed by atoms with van der Waals surface area (Å²) >= 11 is 0. The van der Waals surface area contributed by atoms with Crippen molar-refractivity contribution in [3.05, 3.63) is 90.1 Å². The molecule has 0 aliphatic heterocycles. The number of carbonyl (C=O) groups excluding carboxylic acids is 1. The van der Waals surface area contributed by atoms with Crippen molar-refractivity contribution in [2.45, 2.75) is 13.5 Å². The van der Waals surface area contributed by atoms with Gasteiger partial charge in [-0.1, -0.05) is 29.8 Å². The normalized spacial score (nSPS) is 10.6. The van der Waals surface area contributed by atoms with Crippen LogP contribution in [0.3, 0.4) is 0 Å². The average molecular weight is 402 g/mol. The Morgan fingerprint density at radius 2 is 1.90 bits per heavy atom. The van der Waals surface area contributed by atoms with E-state index in [1.807, 2.05) is 31.2 Å². The molecule has 3 aromatic carbocycles. The topological polar surface area (TPSA) is 76.1 Å². The summed E-state index contributed by atoms with van der Waals surface area (Å²) in [4.78, 5) is 20.8. The number of urea groups is 1. The van der Waals surface area contributed by atoms with Crippen LogP contribution in [0, 0.1) is 12.7 Å². The summed E-state index contributed by atoms with van der Waals surface area (Å²) < 4.78 is 19.3. The van der Waals surface area contributed by atoms with Crippen LogP contribution in [0.4, 0.5) is 20.6 Å². The molecule has 2 amide bonds. The number of nitrogens with one attached hydrogen (secondary N) is 2. The molecule has 0 atom stereocenters. The molecular weight excluding hydrogens is 383 g/mol. The molecule has 0 fully saturated rings. The fourth-order valence-corrected chi connectivity index (χ4v) is 2.93. The van der Waals surface area contributed by atoms with Crippen molar-refractivity contribution in [2.24, 2.45) is 0 Å². The van der Waals surface area contributed by atoms with Crippen LogP contribution in [0.25, 0.3) is 10.9 Å². The Kier molecular flexibility index (Phi) is 5.52. The van der Waals surface area contributed by atoms with Crippen molar-refractivity contribution in [3.8, 4) is 5.75 Å². The lowest BCUT2D eigenvalue weighted by molar-refractivity contribution is 0.261. The van der Waals surface area contributed by atoms with Gasteiger partial charge in [0.1, 0.15) is 24.5 Å². The molecule has 150 valence electrons. The molecule has 0 spiro atoms. The van der Waals surface area contributed by atoms with Crippen molar-refractivity contribution in [1.29, 1.82) is 0 Å². The number of amides is 2. The highest BCUT2D eigenvalue weighted by molar-refractivity contribution is 6.02. The molecule has 1 heterocycles. The first-order valence-electron chi connectivity index (χ1n) is 9.32. The molecule has 4 aromatic rings. The number of benzene rings is 3. The first kappa shape index (κ1) is 19.3. The standard InChI is InChI=1S/C23H19FN4O2/c1-15-5-7-19(8-6-15)27-23(29)28-21-11-20-17(12-25-14-26-20)10-22(21)30-13-16-3-2-4-18(24)9-16/h2-12,14H,13H2,1H3,(H2,27,28,29). The fourth-order valence-electron chi connectivity index (χ4n) is 2.93. The van der Waals surface area contributed by atoms with Crippen LogP contribution in [0.15, 0.2) is 73.2 Å². The van der Waals surface area contributed by atoms with Crippen molar-refractivity contribution in [1.82, 2.24) is 9.97 Å². The van der Waals surface area contributed by atoms with Crippen molar-refractivity contribution in [2.75, 3.05) is 10.6 Å². The first-order chi connectivity index (χ1) is 14.6. The number of carbonyl (C=O) groups is 1. The number of aryl methyl sites for hydroxylation is 1. The third kappa shape index (κ3) is 4.70. The molecule has 0 unspecified atom stereocenters. The van der Waals surface area contributed by atoms with Crippen LogP contribution in [-0.2, 0) is 6.61 Å². The van der Waals surface area contributed by atoms with Crippen LogP contribution in [0.5, 0.6) is 5.75 Å². The lowest BCUT2D eigenvalue weighted by atomic mass is 10.2. The van der Waals surface area contributed by atoms with E-state index in [2.05, 4.69) is 20.6 Å². The number of halogens is 1. The van der Waals surface area contributed by atoms with Gasteiger partial charge in [0.2, 0.25) is 0 Å². The van der Waals surface area contributed by atoms with Crippen molar-refractivity contribution >= 4 is 28.3 Å². The van der Waals surface area contributed by atoms with E-state index in [0.29, 0.717) is 28.2 Å². The third-order valence-electron chi connectivity index (χ3n) is 4.45. The van der Waals surface area contributed by atoms with Gasteiger partial charge in [0, 0.05) is 17.3 Å². The second-order valence-corrected chi connectivity index (χ2v) is 6.79. The monoisotopic (exact) mass is 402 g/mol. The summed E-state index contributed by atoms with van der Waals surface area (Å²) in [5, 5.41) is 6.35. The molecule has 0 saturated heterocycles. The maximum Gasteiger partial charge on any atom is 0.323 e. The predicted molar refractivity (Wildman–Crippen MR) is 114 cm³/mol. The number of hydrogen-bond acceptors (Lipinski definition) is 4. The summed E-state index contributed by atoms with van der Waals surface area (Å²) in [6.07, 6.45) is 3.10. The maximum absolute atomic E-state index is 13.4. The van der Waals surface area contributed by atoms with E-state index >= 15 is 0 Å². The minimum atomic E-state index is -0.414. The molecule has 1 aromatic heterocycles. The summed E-state index contributed by atoms with van der Waals surface area (Å²) in [5.74, 6) is 0.0967. The highest BCUT2D eigenvalue weighted by atomic mass is 19.1. The van der Waals surface area contributed by atoms with Crippen LogP contribution in [0.1, 0.15) is 11.1 Å². The fraction of sp³-hybridized carbons (Fsp3) is 0.0870. The van der Waals surface area contributed by atoms with Gasteiger partial charge in [0.15, 0.2) is 0 Å². The number of fused-ring (bicyclic) bond motifs is 1. The number of aromatic nitrogens is 2. The molecule has 2 N–H and O–H groups in total. The molecule has 0 radical (unpaired) electrons. The molecule has 4 rings (SSSR count). The zero-order valence-electron chi connectivity index (χ0n) is 16.2. The van der Waals surface area contributed by atoms with Crippen LogP contribution in [-0.4, -0.2) is 16.0 Å². The lowest BCUT2D eigenvalue weighted by Crippen LogP contribution is -2.20. The van der Waals surface area contributed by atoms with Crippen molar-refractivity contribution < 1.29 is 13.9 Å². The van der Waals surface area contributed by atoms with Gasteiger partial charge in [-0.25, -0.2) is 19.2 Å². The van der Waals surface area contributed by atoms with E-state index in [-0.39, 0.29) is 12.4 Å². The van der Waals surface area contributed by atoms with E-state index in [1.165, 1.54) is 18.5 Å². The highest BCUT2D eigenvalue weighted by Gasteiger charge is 2.12. The van der Waals surface area contributed by atoms with Gasteiger partial charge in [0.25, 0.3) is 0 Å². The summed E-state index contributed by atoms with van der Waals surface area (Å²) in [6.45, 7) is 2.12. The number of rotatable bonds is 5. The molecule has 0 saturated carbocycles. The zero-order chi connectivity index (χ0) is 20.9. The molecule has 30 heavy (non-hydrogen) atoms. The Hall–Kier alpha value is -4.00. The molecule has 0 aliphatic carbocycles. The second kappa shape index (κ2) is 8.57. The van der Waals surface area contributed by atoms with Crippen LogP contribution < -0.4 is 15.4 Å². The Morgan fingerprint density at radius 3 is 2.70 bits per heavy atom. The van der Waals surface area contributed by atoms with E-state index < -0.39 is 6.03 Å². The van der Waals surface area contributed by atoms with Gasteiger partial charge in [-0.15, -0.1) is 0 Å². The number of anilines is 2. The summed E-state index contributed by atoms with van der Waals surface area (Å²) in [6, 6.07) is 16.7. The minimum absolute atomic E-state index is 0.144. The van der Waals surface area contributed by atoms with Crippen LogP contribution in [0.2, 0.25) is 0 Å². The van der Waals surface area contributed by atoms with Gasteiger partial charge < -0.3 is 15.4 Å². The SMILES string of the molecule is Cc1ccc(NC(=O)Nc2cc3ncncc3cc2OCc2cccc(F)c2)cc1. The summed E-state index contributed by atoms with van der Waals surface area (Å²) in [5.41, 5.74) is 3.55. The first-order valence-corrected chi connectivity index (χ1v) is 9.32. The molecule has 0 bridgehead atoms. The van der Waals surface area contributed by atoms with Crippen molar-refractivity contribution in [3.63, 3.8) is 0 Å². The second-order valence-electron chi connectivity index (χ2n) is 6.79. The molecule has 0 aliphatic rings. The Morgan fingerprint density at radius 1 is 1.07 bits per heavy atom. The quantitative estimate of drug-likeness (QED) is 0.475. The van der Waals surface area contributed by atoms with Gasteiger partial charge in [-0.3, -0.25) is 0 Å². The average Bonchev–Trinajstić information content (AvgIpc) is 2.74. The largest absolute Gasteiger partial charge is 0.487 e. The lowest BCUT2D eigenvalue weighted by Gasteiger charge is -2.14. The molecule has 7 heteroatoms. The van der Waals surface area contributed by atoms with E-state index in [1.54, 1.807) is 30.5 Å². The van der Waals surface area contributed by atoms with E-state index in [9.17, 15) is 9.18 Å². The number of nitrogens with zero attached hydrogens (tertiary/aromatic N) is 2. The Labute approximate surface area is 172 Å². The smallest absolute Gasteiger partial charge is 0.323 e. The van der Waals surface area contributed by atoms with Gasteiger partial charge in [0.05, 0.1) is 11.2 Å². The maximum atomic E-state index is 13.4. The third-order valence-corrected chi connectivity index (χ3v) is 4.45. The number of ether oxygens (including phenoxy) is 1. The summed E-state index contributed by atoms with van der Waals surface area (Å²) in [7, 11) is 0. The molecular formula is C23H19FN4O2. The molecule has 6 nitrogen and oxygen atoms in total. The number of hydrogen-bond donors (Lipinski definition) is 2. The minimum Gasteiger partial charge on any atom is -0.487 e. The zero-order valence-corrected chi connectivity index (χ0v) is 16.2. The predicted octanol–water partition coefficient (Wildman–Crippen LogP) is 5.30. The highest BCUT2D eigenvalue weighted by Crippen LogP contribution is 2.30. The van der Waals surface area contributed by atoms with E-state index in [4.69, 9.17) is 4.74 Å². The van der Waals surface area contributed by atoms with Gasteiger partial charge in [-0.2, -0.15) is 0 Å². The van der Waals surface area contributed by atoms with Gasteiger partial charge >= 0.3 is 6.03 Å². The Balaban J connectivity index is 1.57. The van der Waals surface area contributed by atoms with Crippen LogP contribution >= 0.6 is 0 Å². The van der Waals surface area contributed by atoms with Gasteiger partial charge in [-0.05, 0) is 48.9 Å².